The fraction of sp³-hybridized carbons (Fsp3) is 0.174. The smallest absolute Gasteiger partial charge is 0.249 e. The van der Waals surface area contributed by atoms with Crippen LogP contribution in [0.3, 0.4) is 0 Å². The second-order valence-electron chi connectivity index (χ2n) is 6.93. The fourth-order valence-electron chi connectivity index (χ4n) is 3.31. The Morgan fingerprint density at radius 1 is 1.03 bits per heavy atom. The molecule has 2 heterocycles. The van der Waals surface area contributed by atoms with E-state index in [0.29, 0.717) is 17.5 Å². The molecule has 152 valence electrons. The molecule has 0 bridgehead atoms. The van der Waals surface area contributed by atoms with Crippen molar-refractivity contribution in [3.05, 3.63) is 72.1 Å². The highest BCUT2D eigenvalue weighted by Crippen LogP contribution is 2.28. The minimum Gasteiger partial charge on any atom is -0.497 e. The van der Waals surface area contributed by atoms with Crippen LogP contribution in [0.5, 0.6) is 5.75 Å². The fourth-order valence-corrected chi connectivity index (χ4v) is 3.31. The van der Waals surface area contributed by atoms with Gasteiger partial charge in [-0.05, 0) is 56.3 Å². The number of hydrogen-bond acceptors (Lipinski definition) is 5. The second-order valence-corrected chi connectivity index (χ2v) is 6.93. The third kappa shape index (κ3) is 3.96. The molecular weight excluding hydrogens is 380 g/mol. The number of nitrogens with one attached hydrogen (secondary N) is 1. The first-order valence-electron chi connectivity index (χ1n) is 9.55. The number of carbonyl (C=O) groups excluding carboxylic acids is 1. The summed E-state index contributed by atoms with van der Waals surface area (Å²) in [6.07, 6.45) is 0. The van der Waals surface area contributed by atoms with E-state index < -0.39 is 0 Å². The topological polar surface area (TPSA) is 82.2 Å². The van der Waals surface area contributed by atoms with Gasteiger partial charge in [0, 0.05) is 22.6 Å². The number of carbonyl (C=O) groups is 1. The molecule has 0 radical (unpaired) electrons. The van der Waals surface area contributed by atoms with Crippen molar-refractivity contribution in [3.63, 3.8) is 0 Å². The Labute approximate surface area is 174 Å². The maximum Gasteiger partial charge on any atom is 0.249 e. The van der Waals surface area contributed by atoms with E-state index in [1.165, 1.54) is 0 Å². The maximum atomic E-state index is 12.6. The highest BCUT2D eigenvalue weighted by Gasteiger charge is 2.18. The first-order chi connectivity index (χ1) is 14.5. The predicted molar refractivity (Wildman–Crippen MR) is 114 cm³/mol. The minimum atomic E-state index is -0.121. The van der Waals surface area contributed by atoms with Crippen LogP contribution in [-0.4, -0.2) is 27.8 Å². The first-order valence-corrected chi connectivity index (χ1v) is 9.55. The highest BCUT2D eigenvalue weighted by atomic mass is 16.5. The minimum absolute atomic E-state index is 0.121. The van der Waals surface area contributed by atoms with E-state index in [1.54, 1.807) is 31.4 Å². The molecule has 0 spiro atoms. The molecule has 2 aromatic heterocycles. The molecule has 0 atom stereocenters. The van der Waals surface area contributed by atoms with Crippen molar-refractivity contribution < 1.29 is 13.9 Å². The van der Waals surface area contributed by atoms with Crippen LogP contribution in [0.4, 0.5) is 5.69 Å². The summed E-state index contributed by atoms with van der Waals surface area (Å²) >= 11 is 0. The van der Waals surface area contributed by atoms with Gasteiger partial charge in [0.2, 0.25) is 17.7 Å². The SMILES string of the molecule is COc1ccc(NC(=O)Cn2c(C)cc(-c3nnc(-c4ccccc4)o3)c2C)cc1. The lowest BCUT2D eigenvalue weighted by Crippen LogP contribution is -2.20. The summed E-state index contributed by atoms with van der Waals surface area (Å²) in [5, 5.41) is 11.3. The van der Waals surface area contributed by atoms with Gasteiger partial charge in [0.05, 0.1) is 12.7 Å². The molecule has 0 aliphatic heterocycles. The summed E-state index contributed by atoms with van der Waals surface area (Å²) in [6, 6.07) is 18.8. The largest absolute Gasteiger partial charge is 0.497 e. The number of aromatic nitrogens is 3. The lowest BCUT2D eigenvalue weighted by atomic mass is 10.2. The number of rotatable bonds is 6. The van der Waals surface area contributed by atoms with Crippen LogP contribution in [-0.2, 0) is 11.3 Å². The summed E-state index contributed by atoms with van der Waals surface area (Å²) in [7, 11) is 1.61. The number of anilines is 1. The lowest BCUT2D eigenvalue weighted by Gasteiger charge is -2.10. The molecule has 4 rings (SSSR count). The molecule has 1 N–H and O–H groups in total. The van der Waals surface area contributed by atoms with E-state index in [0.717, 1.165) is 28.3 Å². The second kappa shape index (κ2) is 8.24. The first kappa shape index (κ1) is 19.4. The van der Waals surface area contributed by atoms with Crippen LogP contribution < -0.4 is 10.1 Å². The van der Waals surface area contributed by atoms with Gasteiger partial charge < -0.3 is 19.0 Å². The summed E-state index contributed by atoms with van der Waals surface area (Å²) in [4.78, 5) is 12.6. The molecule has 0 aliphatic rings. The van der Waals surface area contributed by atoms with E-state index in [4.69, 9.17) is 9.15 Å². The third-order valence-corrected chi connectivity index (χ3v) is 4.93. The number of nitrogens with zero attached hydrogens (tertiary/aromatic N) is 3. The van der Waals surface area contributed by atoms with Crippen molar-refractivity contribution in [3.8, 4) is 28.7 Å². The molecule has 4 aromatic rings. The summed E-state index contributed by atoms with van der Waals surface area (Å²) in [6.45, 7) is 4.07. The number of amides is 1. The molecule has 0 saturated carbocycles. The Morgan fingerprint density at radius 2 is 1.73 bits per heavy atom. The van der Waals surface area contributed by atoms with Crippen LogP contribution in [0.2, 0.25) is 0 Å². The molecule has 7 nitrogen and oxygen atoms in total. The Balaban J connectivity index is 1.52. The Morgan fingerprint density at radius 3 is 2.43 bits per heavy atom. The average Bonchev–Trinajstić information content (AvgIpc) is 3.35. The Bertz CT molecular complexity index is 1160. The number of methoxy groups -OCH3 is 1. The zero-order chi connectivity index (χ0) is 21.1. The van der Waals surface area contributed by atoms with Crippen LogP contribution in [0.25, 0.3) is 22.9 Å². The van der Waals surface area contributed by atoms with Crippen molar-refractivity contribution in [1.29, 1.82) is 0 Å². The van der Waals surface area contributed by atoms with E-state index in [-0.39, 0.29) is 12.5 Å². The van der Waals surface area contributed by atoms with Crippen molar-refractivity contribution in [2.45, 2.75) is 20.4 Å². The van der Waals surface area contributed by atoms with Gasteiger partial charge in [-0.25, -0.2) is 0 Å². The zero-order valence-electron chi connectivity index (χ0n) is 17.0. The molecule has 0 saturated heterocycles. The summed E-state index contributed by atoms with van der Waals surface area (Å²) in [5.74, 6) is 1.52. The molecule has 2 aromatic carbocycles. The van der Waals surface area contributed by atoms with Gasteiger partial charge >= 0.3 is 0 Å². The number of hydrogen-bond donors (Lipinski definition) is 1. The number of aryl methyl sites for hydroxylation is 1. The van der Waals surface area contributed by atoms with E-state index >= 15 is 0 Å². The molecule has 30 heavy (non-hydrogen) atoms. The Kier molecular flexibility index (Phi) is 5.34. The molecule has 1 amide bonds. The van der Waals surface area contributed by atoms with Crippen molar-refractivity contribution in [1.82, 2.24) is 14.8 Å². The number of benzene rings is 2. The molecule has 7 heteroatoms. The van der Waals surface area contributed by atoms with Crippen LogP contribution in [0.15, 0.2) is 65.1 Å². The van der Waals surface area contributed by atoms with Crippen LogP contribution >= 0.6 is 0 Å². The van der Waals surface area contributed by atoms with Crippen LogP contribution in [0.1, 0.15) is 11.4 Å². The van der Waals surface area contributed by atoms with Gasteiger partial charge in [-0.1, -0.05) is 18.2 Å². The number of ether oxygens (including phenoxy) is 1. The van der Waals surface area contributed by atoms with E-state index in [9.17, 15) is 4.79 Å². The normalized spacial score (nSPS) is 10.8. The molecule has 0 unspecified atom stereocenters. The van der Waals surface area contributed by atoms with Gasteiger partial charge in [-0.2, -0.15) is 0 Å². The van der Waals surface area contributed by atoms with Crippen molar-refractivity contribution >= 4 is 11.6 Å². The van der Waals surface area contributed by atoms with E-state index in [2.05, 4.69) is 15.5 Å². The zero-order valence-corrected chi connectivity index (χ0v) is 17.0. The van der Waals surface area contributed by atoms with Crippen LogP contribution in [0, 0.1) is 13.8 Å². The average molecular weight is 402 g/mol. The summed E-state index contributed by atoms with van der Waals surface area (Å²) < 4.78 is 12.9. The standard InChI is InChI=1S/C23H22N4O3/c1-15-13-20(23-26-25-22(30-23)17-7-5-4-6-8-17)16(2)27(15)14-21(28)24-18-9-11-19(29-3)12-10-18/h4-13H,14H2,1-3H3,(H,24,28). The van der Waals surface area contributed by atoms with Gasteiger partial charge in [0.1, 0.15) is 12.3 Å². The van der Waals surface area contributed by atoms with Gasteiger partial charge in [-0.3, -0.25) is 4.79 Å². The van der Waals surface area contributed by atoms with Crippen molar-refractivity contribution in [2.75, 3.05) is 12.4 Å². The van der Waals surface area contributed by atoms with Gasteiger partial charge in [-0.15, -0.1) is 10.2 Å². The molecular formula is C23H22N4O3. The quantitative estimate of drug-likeness (QED) is 0.515. The monoisotopic (exact) mass is 402 g/mol. The maximum absolute atomic E-state index is 12.6. The van der Waals surface area contributed by atoms with Crippen molar-refractivity contribution in [2.24, 2.45) is 0 Å². The molecule has 0 fully saturated rings. The third-order valence-electron chi connectivity index (χ3n) is 4.93. The van der Waals surface area contributed by atoms with Gasteiger partial charge in [0.25, 0.3) is 0 Å². The lowest BCUT2D eigenvalue weighted by molar-refractivity contribution is -0.116. The Hall–Kier alpha value is -3.87. The van der Waals surface area contributed by atoms with E-state index in [1.807, 2.05) is 54.8 Å². The predicted octanol–water partition coefficient (Wildman–Crippen LogP) is 4.47. The summed E-state index contributed by atoms with van der Waals surface area (Å²) in [5.41, 5.74) is 4.23. The van der Waals surface area contributed by atoms with Gasteiger partial charge in [0.15, 0.2) is 0 Å². The highest BCUT2D eigenvalue weighted by molar-refractivity contribution is 5.90. The molecule has 0 aliphatic carbocycles.